The van der Waals surface area contributed by atoms with Crippen molar-refractivity contribution in [3.63, 3.8) is 0 Å². The predicted molar refractivity (Wildman–Crippen MR) is 123 cm³/mol. The van der Waals surface area contributed by atoms with Crippen molar-refractivity contribution in [2.75, 3.05) is 32.1 Å². The van der Waals surface area contributed by atoms with E-state index in [0.29, 0.717) is 36.0 Å². The maximum atomic E-state index is 11.8. The van der Waals surface area contributed by atoms with Crippen LogP contribution in [0.2, 0.25) is 0 Å². The Hall–Kier alpha value is -3.53. The number of amides is 1. The number of methoxy groups -OCH3 is 1. The minimum Gasteiger partial charge on any atom is -0.481 e. The van der Waals surface area contributed by atoms with E-state index in [1.54, 1.807) is 37.0 Å². The predicted octanol–water partition coefficient (Wildman–Crippen LogP) is 3.37. The lowest BCUT2D eigenvalue weighted by Crippen LogP contribution is -2.27. The van der Waals surface area contributed by atoms with Gasteiger partial charge >= 0.3 is 0 Å². The number of anilines is 1. The van der Waals surface area contributed by atoms with Crippen LogP contribution < -0.4 is 10.1 Å². The minimum atomic E-state index is 0.248. The van der Waals surface area contributed by atoms with Gasteiger partial charge in [-0.1, -0.05) is 0 Å². The SMILES string of the molecule is COc1ccc(-c2nc(NCCCN3CCCC3=O)c3ncn(-c4ccsc4)c3n2)cn1. The standard InChI is InChI=1S/C22H23N7O2S/c1-31-17-6-5-15(12-24-17)20-26-21(23-8-3-10-28-9-2-4-18(28)30)19-22(27-20)29(14-25-19)16-7-11-32-13-16/h5-7,11-14H,2-4,8-10H2,1H3,(H,23,26,27). The number of aromatic nitrogens is 5. The zero-order valence-electron chi connectivity index (χ0n) is 17.7. The number of hydrogen-bond acceptors (Lipinski definition) is 8. The summed E-state index contributed by atoms with van der Waals surface area (Å²) in [5.41, 5.74) is 3.23. The van der Waals surface area contributed by atoms with Crippen LogP contribution in [0.4, 0.5) is 5.82 Å². The van der Waals surface area contributed by atoms with Crippen LogP contribution in [0.5, 0.6) is 5.88 Å². The molecule has 0 aromatic carbocycles. The second-order valence-electron chi connectivity index (χ2n) is 7.52. The molecule has 1 saturated heterocycles. The third-order valence-electron chi connectivity index (χ3n) is 5.45. The highest BCUT2D eigenvalue weighted by molar-refractivity contribution is 7.08. The smallest absolute Gasteiger partial charge is 0.222 e. The number of thiophene rings is 1. The summed E-state index contributed by atoms with van der Waals surface area (Å²) in [4.78, 5) is 32.2. The van der Waals surface area contributed by atoms with Crippen LogP contribution in [-0.4, -0.2) is 62.1 Å². The topological polar surface area (TPSA) is 98.1 Å². The molecule has 1 aliphatic heterocycles. The number of ether oxygens (including phenoxy) is 1. The first-order valence-corrected chi connectivity index (χ1v) is 11.5. The normalized spacial score (nSPS) is 13.8. The molecular weight excluding hydrogens is 426 g/mol. The monoisotopic (exact) mass is 449 g/mol. The Labute approximate surface area is 189 Å². The third kappa shape index (κ3) is 4.01. The van der Waals surface area contributed by atoms with E-state index >= 15 is 0 Å². The van der Waals surface area contributed by atoms with Gasteiger partial charge in [0.2, 0.25) is 11.8 Å². The van der Waals surface area contributed by atoms with Gasteiger partial charge in [0, 0.05) is 49.3 Å². The van der Waals surface area contributed by atoms with Crippen molar-refractivity contribution in [1.29, 1.82) is 0 Å². The number of likely N-dealkylation sites (tertiary alicyclic amines) is 1. The fourth-order valence-corrected chi connectivity index (χ4v) is 4.41. The van der Waals surface area contributed by atoms with E-state index in [4.69, 9.17) is 14.7 Å². The van der Waals surface area contributed by atoms with E-state index in [2.05, 4.69) is 20.7 Å². The Morgan fingerprint density at radius 1 is 1.22 bits per heavy atom. The van der Waals surface area contributed by atoms with Crippen molar-refractivity contribution in [3.8, 4) is 23.0 Å². The Kier molecular flexibility index (Phi) is 5.68. The average Bonchev–Trinajstić information content (AvgIpc) is 3.57. The molecule has 32 heavy (non-hydrogen) atoms. The molecule has 0 aliphatic carbocycles. The highest BCUT2D eigenvalue weighted by atomic mass is 32.1. The molecule has 0 spiro atoms. The van der Waals surface area contributed by atoms with E-state index in [0.717, 1.165) is 42.8 Å². The van der Waals surface area contributed by atoms with E-state index in [9.17, 15) is 4.79 Å². The van der Waals surface area contributed by atoms with Crippen molar-refractivity contribution in [2.45, 2.75) is 19.3 Å². The Balaban J connectivity index is 1.45. The molecule has 0 bridgehead atoms. The fourth-order valence-electron chi connectivity index (χ4n) is 3.79. The average molecular weight is 450 g/mol. The molecule has 9 nitrogen and oxygen atoms in total. The van der Waals surface area contributed by atoms with E-state index in [1.807, 2.05) is 27.0 Å². The fraction of sp³-hybridized carbons (Fsp3) is 0.318. The highest BCUT2D eigenvalue weighted by Gasteiger charge is 2.20. The molecule has 10 heteroatoms. The van der Waals surface area contributed by atoms with Gasteiger partial charge in [-0.25, -0.2) is 19.9 Å². The number of pyridine rings is 1. The Morgan fingerprint density at radius 3 is 2.88 bits per heavy atom. The summed E-state index contributed by atoms with van der Waals surface area (Å²) in [7, 11) is 1.59. The Morgan fingerprint density at radius 2 is 2.16 bits per heavy atom. The lowest BCUT2D eigenvalue weighted by molar-refractivity contribution is -0.127. The number of fused-ring (bicyclic) bond motifs is 1. The number of nitrogens with zero attached hydrogens (tertiary/aromatic N) is 6. The molecule has 0 unspecified atom stereocenters. The quantitative estimate of drug-likeness (QED) is 0.412. The van der Waals surface area contributed by atoms with Crippen molar-refractivity contribution in [2.24, 2.45) is 0 Å². The second kappa shape index (κ2) is 8.91. The van der Waals surface area contributed by atoms with Crippen LogP contribution in [-0.2, 0) is 4.79 Å². The van der Waals surface area contributed by atoms with Gasteiger partial charge in [0.15, 0.2) is 22.8 Å². The first-order valence-electron chi connectivity index (χ1n) is 10.5. The van der Waals surface area contributed by atoms with Gasteiger partial charge in [0.25, 0.3) is 0 Å². The highest BCUT2D eigenvalue weighted by Crippen LogP contribution is 2.27. The van der Waals surface area contributed by atoms with Gasteiger partial charge in [0.1, 0.15) is 6.33 Å². The van der Waals surface area contributed by atoms with Crippen molar-refractivity contribution < 1.29 is 9.53 Å². The van der Waals surface area contributed by atoms with E-state index in [1.165, 1.54) is 0 Å². The van der Waals surface area contributed by atoms with Gasteiger partial charge in [0.05, 0.1) is 12.8 Å². The largest absolute Gasteiger partial charge is 0.481 e. The number of rotatable bonds is 8. The van der Waals surface area contributed by atoms with Gasteiger partial charge in [-0.3, -0.25) is 9.36 Å². The molecule has 1 amide bonds. The molecule has 0 atom stereocenters. The van der Waals surface area contributed by atoms with Gasteiger partial charge in [-0.2, -0.15) is 11.3 Å². The van der Waals surface area contributed by atoms with Crippen LogP contribution in [0.1, 0.15) is 19.3 Å². The summed E-state index contributed by atoms with van der Waals surface area (Å²) in [6.45, 7) is 2.29. The minimum absolute atomic E-state index is 0.248. The summed E-state index contributed by atoms with van der Waals surface area (Å²) >= 11 is 1.62. The van der Waals surface area contributed by atoms with E-state index in [-0.39, 0.29) is 5.91 Å². The molecule has 4 aromatic heterocycles. The van der Waals surface area contributed by atoms with Crippen LogP contribution in [0.3, 0.4) is 0 Å². The maximum absolute atomic E-state index is 11.8. The number of nitrogens with one attached hydrogen (secondary N) is 1. The molecule has 0 radical (unpaired) electrons. The number of hydrogen-bond donors (Lipinski definition) is 1. The first-order chi connectivity index (χ1) is 15.7. The number of carbonyl (C=O) groups is 1. The molecule has 1 fully saturated rings. The lowest BCUT2D eigenvalue weighted by atomic mass is 10.2. The van der Waals surface area contributed by atoms with Crippen LogP contribution >= 0.6 is 11.3 Å². The summed E-state index contributed by atoms with van der Waals surface area (Å²) < 4.78 is 7.13. The lowest BCUT2D eigenvalue weighted by Gasteiger charge is -2.15. The zero-order valence-corrected chi connectivity index (χ0v) is 18.5. The van der Waals surface area contributed by atoms with Crippen molar-refractivity contribution >= 4 is 34.2 Å². The summed E-state index contributed by atoms with van der Waals surface area (Å²) in [5.74, 6) is 2.01. The summed E-state index contributed by atoms with van der Waals surface area (Å²) in [5, 5.41) is 7.49. The molecule has 1 N–H and O–H groups in total. The van der Waals surface area contributed by atoms with Crippen LogP contribution in [0.25, 0.3) is 28.2 Å². The molecule has 4 aromatic rings. The van der Waals surface area contributed by atoms with Gasteiger partial charge < -0.3 is 15.0 Å². The third-order valence-corrected chi connectivity index (χ3v) is 6.12. The van der Waals surface area contributed by atoms with Gasteiger partial charge in [-0.15, -0.1) is 0 Å². The first kappa shape index (κ1) is 20.4. The molecule has 0 saturated carbocycles. The Bertz CT molecular complexity index is 1220. The maximum Gasteiger partial charge on any atom is 0.222 e. The molecule has 1 aliphatic rings. The number of imidazole rings is 1. The number of carbonyl (C=O) groups excluding carboxylic acids is 1. The zero-order chi connectivity index (χ0) is 21.9. The second-order valence-corrected chi connectivity index (χ2v) is 8.30. The van der Waals surface area contributed by atoms with Gasteiger partial charge in [-0.05, 0) is 30.4 Å². The van der Waals surface area contributed by atoms with Crippen molar-refractivity contribution in [3.05, 3.63) is 41.5 Å². The molecule has 164 valence electrons. The van der Waals surface area contributed by atoms with Crippen molar-refractivity contribution in [1.82, 2.24) is 29.4 Å². The molecular formula is C22H23N7O2S. The van der Waals surface area contributed by atoms with E-state index < -0.39 is 0 Å². The molecule has 5 rings (SSSR count). The van der Waals surface area contributed by atoms with Crippen LogP contribution in [0, 0.1) is 0 Å². The summed E-state index contributed by atoms with van der Waals surface area (Å²) in [6.07, 6.45) is 5.93. The van der Waals surface area contributed by atoms with Crippen LogP contribution in [0.15, 0.2) is 41.5 Å². The molecule has 5 heterocycles. The summed E-state index contributed by atoms with van der Waals surface area (Å²) in [6, 6.07) is 5.71.